The van der Waals surface area contributed by atoms with Crippen molar-refractivity contribution in [2.24, 2.45) is 0 Å². The number of hydrogen-bond donors (Lipinski definition) is 1. The van der Waals surface area contributed by atoms with Crippen LogP contribution in [-0.4, -0.2) is 37.0 Å². The Kier molecular flexibility index (Phi) is 8.05. The van der Waals surface area contributed by atoms with Crippen molar-refractivity contribution in [2.45, 2.75) is 32.2 Å². The molecule has 0 radical (unpaired) electrons. The maximum atomic E-state index is 5.28. The van der Waals surface area contributed by atoms with Crippen LogP contribution in [0.2, 0.25) is 0 Å². The third kappa shape index (κ3) is 6.99. The minimum Gasteiger partial charge on any atom is -0.382 e. The zero-order valence-electron chi connectivity index (χ0n) is 11.7. The lowest BCUT2D eigenvalue weighted by molar-refractivity contribution is 0.145. The highest BCUT2D eigenvalue weighted by Crippen LogP contribution is 2.16. The van der Waals surface area contributed by atoms with Gasteiger partial charge in [-0.15, -0.1) is 11.8 Å². The first kappa shape index (κ1) is 15.5. The van der Waals surface area contributed by atoms with Crippen LogP contribution in [-0.2, 0) is 4.74 Å². The lowest BCUT2D eigenvalue weighted by atomic mass is 10.3. The summed E-state index contributed by atoms with van der Waals surface area (Å²) < 4.78 is 5.28. The number of pyridine rings is 1. The summed E-state index contributed by atoms with van der Waals surface area (Å²) in [6.45, 7) is 9.91. The predicted molar refractivity (Wildman–Crippen MR) is 78.4 cm³/mol. The molecule has 0 aliphatic rings. The van der Waals surface area contributed by atoms with E-state index < -0.39 is 0 Å². The summed E-state index contributed by atoms with van der Waals surface area (Å²) in [5.74, 6) is 1.06. The molecule has 0 fully saturated rings. The van der Waals surface area contributed by atoms with Crippen LogP contribution >= 0.6 is 11.8 Å². The van der Waals surface area contributed by atoms with Gasteiger partial charge in [0.25, 0.3) is 0 Å². The number of nitrogens with one attached hydrogen (secondary N) is 1. The molecular formula is C14H24N2OS. The van der Waals surface area contributed by atoms with Crippen LogP contribution in [0.3, 0.4) is 0 Å². The summed E-state index contributed by atoms with van der Waals surface area (Å²) in [6, 6.07) is 4.25. The fourth-order valence-electron chi connectivity index (χ4n) is 1.67. The number of hydrogen-bond acceptors (Lipinski definition) is 4. The quantitative estimate of drug-likeness (QED) is 0.551. The molecule has 1 heterocycles. The van der Waals surface area contributed by atoms with Crippen molar-refractivity contribution in [3.63, 3.8) is 0 Å². The van der Waals surface area contributed by atoms with Crippen molar-refractivity contribution in [1.29, 1.82) is 0 Å². The summed E-state index contributed by atoms with van der Waals surface area (Å²) in [7, 11) is 0. The molecule has 0 aliphatic heterocycles. The second kappa shape index (κ2) is 9.36. The Balaban J connectivity index is 2.07. The first-order chi connectivity index (χ1) is 8.72. The molecule has 0 spiro atoms. The lowest BCUT2D eigenvalue weighted by Crippen LogP contribution is -2.19. The highest BCUT2D eigenvalue weighted by Gasteiger charge is 1.98. The number of ether oxygens (including phenoxy) is 1. The van der Waals surface area contributed by atoms with Crippen molar-refractivity contribution in [2.75, 3.05) is 32.1 Å². The smallest absolute Gasteiger partial charge is 0.0966 e. The van der Waals surface area contributed by atoms with E-state index in [9.17, 15) is 0 Å². The van der Waals surface area contributed by atoms with E-state index in [-0.39, 0.29) is 0 Å². The van der Waals surface area contributed by atoms with Gasteiger partial charge in [0.2, 0.25) is 0 Å². The third-order valence-electron chi connectivity index (χ3n) is 2.45. The van der Waals surface area contributed by atoms with Gasteiger partial charge in [-0.2, -0.15) is 0 Å². The Labute approximate surface area is 115 Å². The van der Waals surface area contributed by atoms with Crippen LogP contribution < -0.4 is 5.32 Å². The Morgan fingerprint density at radius 1 is 1.28 bits per heavy atom. The van der Waals surface area contributed by atoms with Gasteiger partial charge < -0.3 is 10.1 Å². The summed E-state index contributed by atoms with van der Waals surface area (Å²) in [4.78, 5) is 4.51. The first-order valence-electron chi connectivity index (χ1n) is 6.59. The molecule has 18 heavy (non-hydrogen) atoms. The van der Waals surface area contributed by atoms with E-state index in [1.807, 2.05) is 25.6 Å². The SMILES string of the molecule is CCOCCCNCCSc1cc(C)cc(C)n1. The molecule has 102 valence electrons. The van der Waals surface area contributed by atoms with Crippen LogP contribution in [0.25, 0.3) is 0 Å². The van der Waals surface area contributed by atoms with Crippen LogP contribution in [0.5, 0.6) is 0 Å². The summed E-state index contributed by atoms with van der Waals surface area (Å²) in [5.41, 5.74) is 2.39. The topological polar surface area (TPSA) is 34.1 Å². The van der Waals surface area contributed by atoms with E-state index in [1.54, 1.807) is 0 Å². The third-order valence-corrected chi connectivity index (χ3v) is 3.36. The van der Waals surface area contributed by atoms with E-state index in [2.05, 4.69) is 29.4 Å². The van der Waals surface area contributed by atoms with Crippen LogP contribution in [0.4, 0.5) is 0 Å². The van der Waals surface area contributed by atoms with Gasteiger partial charge in [-0.3, -0.25) is 0 Å². The maximum absolute atomic E-state index is 5.28. The molecule has 1 rings (SSSR count). The predicted octanol–water partition coefficient (Wildman–Crippen LogP) is 2.81. The van der Waals surface area contributed by atoms with Crippen molar-refractivity contribution in [3.8, 4) is 0 Å². The van der Waals surface area contributed by atoms with E-state index in [0.717, 1.165) is 49.2 Å². The number of rotatable bonds is 9. The van der Waals surface area contributed by atoms with Gasteiger partial charge in [-0.1, -0.05) is 0 Å². The highest BCUT2D eigenvalue weighted by molar-refractivity contribution is 7.99. The average molecular weight is 268 g/mol. The minimum atomic E-state index is 0.814. The molecule has 0 aliphatic carbocycles. The number of nitrogens with zero attached hydrogens (tertiary/aromatic N) is 1. The highest BCUT2D eigenvalue weighted by atomic mass is 32.2. The van der Waals surface area contributed by atoms with Crippen molar-refractivity contribution in [1.82, 2.24) is 10.3 Å². The summed E-state index contributed by atoms with van der Waals surface area (Å²) in [5, 5.41) is 4.54. The Morgan fingerprint density at radius 2 is 2.11 bits per heavy atom. The molecule has 4 heteroatoms. The normalized spacial score (nSPS) is 10.8. The van der Waals surface area contributed by atoms with Crippen LogP contribution in [0, 0.1) is 13.8 Å². The monoisotopic (exact) mass is 268 g/mol. The van der Waals surface area contributed by atoms with Gasteiger partial charge in [0.15, 0.2) is 0 Å². The molecule has 0 bridgehead atoms. The second-order valence-electron chi connectivity index (χ2n) is 4.27. The van der Waals surface area contributed by atoms with Crippen molar-refractivity contribution >= 4 is 11.8 Å². The van der Waals surface area contributed by atoms with Gasteiger partial charge in [-0.05, 0) is 51.4 Å². The molecule has 0 unspecified atom stereocenters. The van der Waals surface area contributed by atoms with Gasteiger partial charge >= 0.3 is 0 Å². The van der Waals surface area contributed by atoms with E-state index >= 15 is 0 Å². The van der Waals surface area contributed by atoms with Gasteiger partial charge in [0, 0.05) is 31.2 Å². The second-order valence-corrected chi connectivity index (χ2v) is 5.39. The Bertz CT molecular complexity index is 324. The Hall–Kier alpha value is -0.580. The molecule has 1 aromatic heterocycles. The number of aryl methyl sites for hydroxylation is 2. The molecule has 0 saturated carbocycles. The maximum Gasteiger partial charge on any atom is 0.0966 e. The zero-order valence-corrected chi connectivity index (χ0v) is 12.5. The standard InChI is InChI=1S/C14H24N2OS/c1-4-17-8-5-6-15-7-9-18-14-11-12(2)10-13(3)16-14/h10-11,15H,4-9H2,1-3H3. The van der Waals surface area contributed by atoms with Gasteiger partial charge in [0.1, 0.15) is 0 Å². The minimum absolute atomic E-state index is 0.814. The molecular weight excluding hydrogens is 244 g/mol. The fraction of sp³-hybridized carbons (Fsp3) is 0.643. The first-order valence-corrected chi connectivity index (χ1v) is 7.57. The van der Waals surface area contributed by atoms with Gasteiger partial charge in [0.05, 0.1) is 5.03 Å². The van der Waals surface area contributed by atoms with Gasteiger partial charge in [-0.25, -0.2) is 4.98 Å². The molecule has 0 atom stereocenters. The zero-order chi connectivity index (χ0) is 13.2. The fourth-order valence-corrected chi connectivity index (χ4v) is 2.61. The molecule has 0 aromatic carbocycles. The lowest BCUT2D eigenvalue weighted by Gasteiger charge is -2.06. The van der Waals surface area contributed by atoms with Crippen molar-refractivity contribution < 1.29 is 4.74 Å². The number of aromatic nitrogens is 1. The summed E-state index contributed by atoms with van der Waals surface area (Å²) in [6.07, 6.45) is 1.08. The largest absolute Gasteiger partial charge is 0.382 e. The molecule has 3 nitrogen and oxygen atoms in total. The van der Waals surface area contributed by atoms with Crippen LogP contribution in [0.15, 0.2) is 17.2 Å². The van der Waals surface area contributed by atoms with E-state index in [0.29, 0.717) is 0 Å². The Morgan fingerprint density at radius 3 is 2.83 bits per heavy atom. The summed E-state index contributed by atoms with van der Waals surface area (Å²) >= 11 is 1.81. The van der Waals surface area contributed by atoms with E-state index in [1.165, 1.54) is 5.56 Å². The van der Waals surface area contributed by atoms with Crippen LogP contribution in [0.1, 0.15) is 24.6 Å². The molecule has 0 amide bonds. The molecule has 0 saturated heterocycles. The average Bonchev–Trinajstić information content (AvgIpc) is 2.31. The molecule has 1 aromatic rings. The number of thioether (sulfide) groups is 1. The molecule has 1 N–H and O–H groups in total. The van der Waals surface area contributed by atoms with Crippen molar-refractivity contribution in [3.05, 3.63) is 23.4 Å². The van der Waals surface area contributed by atoms with E-state index in [4.69, 9.17) is 4.74 Å².